The molecule has 0 N–H and O–H groups in total. The van der Waals surface area contributed by atoms with Crippen LogP contribution in [-0.2, 0) is 0 Å². The summed E-state index contributed by atoms with van der Waals surface area (Å²) in [4.78, 5) is 15.1. The van der Waals surface area contributed by atoms with Gasteiger partial charge in [-0.3, -0.25) is 0 Å². The molecule has 3 heterocycles. The Hall–Kier alpha value is -6.43. The van der Waals surface area contributed by atoms with E-state index in [1.165, 1.54) is 25.7 Å². The third kappa shape index (κ3) is 4.71. The maximum atomic E-state index is 6.63. The zero-order valence-electron chi connectivity index (χ0n) is 26.7. The van der Waals surface area contributed by atoms with Crippen LogP contribution in [0.15, 0.2) is 168 Å². The number of para-hydroxylation sites is 2. The fourth-order valence-electron chi connectivity index (χ4n) is 7.04. The van der Waals surface area contributed by atoms with Crippen molar-refractivity contribution in [3.63, 3.8) is 0 Å². The van der Waals surface area contributed by atoms with Crippen LogP contribution in [0.3, 0.4) is 0 Å². The molecule has 0 aliphatic rings. The Labute approximate surface area is 292 Å². The lowest BCUT2D eigenvalue weighted by molar-refractivity contribution is 0.670. The minimum atomic E-state index is 0.612. The van der Waals surface area contributed by atoms with Gasteiger partial charge in [0.15, 0.2) is 17.5 Å². The van der Waals surface area contributed by atoms with Gasteiger partial charge >= 0.3 is 0 Å². The van der Waals surface area contributed by atoms with Gasteiger partial charge in [0.1, 0.15) is 11.2 Å². The van der Waals surface area contributed by atoms with Crippen LogP contribution in [-0.4, -0.2) is 15.0 Å². The van der Waals surface area contributed by atoms with Crippen LogP contribution in [0.1, 0.15) is 0 Å². The molecular formula is C45H27N3OS. The molecule has 4 nitrogen and oxygen atoms in total. The van der Waals surface area contributed by atoms with Crippen LogP contribution < -0.4 is 0 Å². The van der Waals surface area contributed by atoms with E-state index in [-0.39, 0.29) is 0 Å². The predicted octanol–water partition coefficient (Wildman–Crippen LogP) is 12.5. The predicted molar refractivity (Wildman–Crippen MR) is 207 cm³/mol. The quantitative estimate of drug-likeness (QED) is 0.185. The first-order valence-electron chi connectivity index (χ1n) is 16.6. The first kappa shape index (κ1) is 28.6. The van der Waals surface area contributed by atoms with E-state index in [0.717, 1.165) is 55.3 Å². The molecule has 7 aromatic carbocycles. The highest BCUT2D eigenvalue weighted by molar-refractivity contribution is 7.25. The van der Waals surface area contributed by atoms with Gasteiger partial charge in [0.2, 0.25) is 0 Å². The Morgan fingerprint density at radius 2 is 0.960 bits per heavy atom. The normalized spacial score (nSPS) is 11.6. The number of hydrogen-bond donors (Lipinski definition) is 0. The number of fused-ring (bicyclic) bond motifs is 6. The smallest absolute Gasteiger partial charge is 0.164 e. The van der Waals surface area contributed by atoms with Gasteiger partial charge in [-0.25, -0.2) is 15.0 Å². The molecule has 10 rings (SSSR count). The molecule has 234 valence electrons. The van der Waals surface area contributed by atoms with Crippen LogP contribution in [0.5, 0.6) is 0 Å². The molecule has 0 saturated carbocycles. The van der Waals surface area contributed by atoms with Gasteiger partial charge in [0.25, 0.3) is 0 Å². The zero-order chi connectivity index (χ0) is 33.0. The first-order valence-corrected chi connectivity index (χ1v) is 17.4. The number of furan rings is 1. The lowest BCUT2D eigenvalue weighted by Crippen LogP contribution is -2.00. The monoisotopic (exact) mass is 657 g/mol. The molecule has 10 aromatic rings. The Kier molecular flexibility index (Phi) is 6.64. The van der Waals surface area contributed by atoms with E-state index in [2.05, 4.69) is 91.0 Å². The highest BCUT2D eigenvalue weighted by Gasteiger charge is 2.20. The van der Waals surface area contributed by atoms with Crippen LogP contribution >= 0.6 is 11.3 Å². The second-order valence-electron chi connectivity index (χ2n) is 12.4. The average Bonchev–Trinajstić information content (AvgIpc) is 3.77. The van der Waals surface area contributed by atoms with E-state index in [1.807, 2.05) is 84.1 Å². The molecule has 0 aliphatic carbocycles. The Morgan fingerprint density at radius 3 is 1.72 bits per heavy atom. The van der Waals surface area contributed by atoms with Gasteiger partial charge in [-0.1, -0.05) is 140 Å². The van der Waals surface area contributed by atoms with Crippen molar-refractivity contribution >= 4 is 53.4 Å². The molecule has 0 saturated heterocycles. The molecular weight excluding hydrogens is 631 g/mol. The molecule has 0 radical (unpaired) electrons. The Morgan fingerprint density at radius 1 is 0.380 bits per heavy atom. The van der Waals surface area contributed by atoms with E-state index in [0.29, 0.717) is 17.5 Å². The standard InChI is InChI=1S/C45H27N3OS/c1-3-13-28(14-4-1)43-46-44(29-15-5-2-6-16-29)48-45(47-43)30-25-26-31(33-19-12-24-40-41(33)36-18-8-10-23-39(36)50-40)37(27-30)35-21-11-20-34-32-17-7-9-22-38(32)49-42(34)35/h1-27H. The Balaban J connectivity index is 1.26. The second kappa shape index (κ2) is 11.6. The SMILES string of the molecule is c1ccc(-c2nc(-c3ccccc3)nc(-c3ccc(-c4cccc5sc6ccccc6c45)c(-c4cccc5c4oc4ccccc45)c3)n2)cc1. The average molecular weight is 658 g/mol. The lowest BCUT2D eigenvalue weighted by atomic mass is 9.89. The van der Waals surface area contributed by atoms with Crippen molar-refractivity contribution < 1.29 is 4.42 Å². The van der Waals surface area contributed by atoms with Gasteiger partial charge in [-0.15, -0.1) is 11.3 Å². The van der Waals surface area contributed by atoms with Crippen LogP contribution in [0.2, 0.25) is 0 Å². The number of nitrogens with zero attached hydrogens (tertiary/aromatic N) is 3. The molecule has 0 spiro atoms. The van der Waals surface area contributed by atoms with Gasteiger partial charge in [-0.05, 0) is 41.0 Å². The molecule has 0 bridgehead atoms. The Bertz CT molecular complexity index is 2820. The van der Waals surface area contributed by atoms with Crippen molar-refractivity contribution in [1.29, 1.82) is 0 Å². The summed E-state index contributed by atoms with van der Waals surface area (Å²) in [7, 11) is 0. The van der Waals surface area contributed by atoms with Gasteiger partial charge in [0.05, 0.1) is 0 Å². The molecule has 0 unspecified atom stereocenters. The van der Waals surface area contributed by atoms with Crippen LogP contribution in [0, 0.1) is 0 Å². The minimum Gasteiger partial charge on any atom is -0.455 e. The molecule has 0 fully saturated rings. The molecule has 0 amide bonds. The molecule has 5 heteroatoms. The first-order chi connectivity index (χ1) is 24.8. The minimum absolute atomic E-state index is 0.612. The summed E-state index contributed by atoms with van der Waals surface area (Å²) in [5.41, 5.74) is 8.89. The summed E-state index contributed by atoms with van der Waals surface area (Å²) < 4.78 is 9.17. The van der Waals surface area contributed by atoms with Crippen molar-refractivity contribution in [3.8, 4) is 56.4 Å². The fourth-order valence-corrected chi connectivity index (χ4v) is 8.17. The fraction of sp³-hybridized carbons (Fsp3) is 0. The van der Waals surface area contributed by atoms with Crippen molar-refractivity contribution in [2.24, 2.45) is 0 Å². The largest absolute Gasteiger partial charge is 0.455 e. The lowest BCUT2D eigenvalue weighted by Gasteiger charge is -2.15. The molecule has 3 aromatic heterocycles. The summed E-state index contributed by atoms with van der Waals surface area (Å²) >= 11 is 1.83. The molecule has 0 aliphatic heterocycles. The molecule has 0 atom stereocenters. The van der Waals surface area contributed by atoms with Crippen LogP contribution in [0.25, 0.3) is 98.5 Å². The zero-order valence-corrected chi connectivity index (χ0v) is 27.6. The van der Waals surface area contributed by atoms with Crippen LogP contribution in [0.4, 0.5) is 0 Å². The van der Waals surface area contributed by atoms with Gasteiger partial charge < -0.3 is 4.42 Å². The van der Waals surface area contributed by atoms with Crippen molar-refractivity contribution in [2.75, 3.05) is 0 Å². The van der Waals surface area contributed by atoms with Gasteiger partial charge in [0, 0.05) is 53.2 Å². The van der Waals surface area contributed by atoms with E-state index >= 15 is 0 Å². The number of thiophene rings is 1. The third-order valence-electron chi connectivity index (χ3n) is 9.36. The topological polar surface area (TPSA) is 51.8 Å². The van der Waals surface area contributed by atoms with Crippen molar-refractivity contribution in [1.82, 2.24) is 15.0 Å². The van der Waals surface area contributed by atoms with Crippen molar-refractivity contribution in [2.45, 2.75) is 0 Å². The summed E-state index contributed by atoms with van der Waals surface area (Å²) in [5, 5.41) is 4.71. The maximum absolute atomic E-state index is 6.63. The number of hydrogen-bond acceptors (Lipinski definition) is 5. The van der Waals surface area contributed by atoms with Crippen molar-refractivity contribution in [3.05, 3.63) is 164 Å². The highest BCUT2D eigenvalue weighted by Crippen LogP contribution is 2.46. The highest BCUT2D eigenvalue weighted by atomic mass is 32.1. The van der Waals surface area contributed by atoms with E-state index in [9.17, 15) is 0 Å². The van der Waals surface area contributed by atoms with E-state index < -0.39 is 0 Å². The summed E-state index contributed by atoms with van der Waals surface area (Å²) in [6, 6.07) is 56.8. The third-order valence-corrected chi connectivity index (χ3v) is 10.5. The summed E-state index contributed by atoms with van der Waals surface area (Å²) in [6.07, 6.45) is 0. The van der Waals surface area contributed by atoms with E-state index in [4.69, 9.17) is 19.4 Å². The number of rotatable bonds is 5. The summed E-state index contributed by atoms with van der Waals surface area (Å²) in [6.45, 7) is 0. The molecule has 50 heavy (non-hydrogen) atoms. The number of aromatic nitrogens is 3. The second-order valence-corrected chi connectivity index (χ2v) is 13.4. The van der Waals surface area contributed by atoms with E-state index in [1.54, 1.807) is 0 Å². The summed E-state index contributed by atoms with van der Waals surface area (Å²) in [5.74, 6) is 1.88. The maximum Gasteiger partial charge on any atom is 0.164 e. The number of benzene rings is 7. The van der Waals surface area contributed by atoms with Gasteiger partial charge in [-0.2, -0.15) is 0 Å².